The monoisotopic (exact) mass is 177 g/mol. The lowest BCUT2D eigenvalue weighted by atomic mass is 10.2. The van der Waals surface area contributed by atoms with Gasteiger partial charge in [-0.05, 0) is 12.1 Å². The van der Waals surface area contributed by atoms with Crippen molar-refractivity contribution >= 4 is 0 Å². The maximum atomic E-state index is 9.86. The van der Waals surface area contributed by atoms with Gasteiger partial charge in [0.1, 0.15) is 0 Å². The zero-order chi connectivity index (χ0) is 9.68. The van der Waals surface area contributed by atoms with Crippen LogP contribution in [-0.2, 0) is 0 Å². The summed E-state index contributed by atoms with van der Waals surface area (Å²) < 4.78 is 4.90. The SMILES string of the molecule is C#Cc1ccc(OC)c(ON=O)c1. The minimum absolute atomic E-state index is 0.216. The summed E-state index contributed by atoms with van der Waals surface area (Å²) in [5, 5.41) is 2.29. The minimum Gasteiger partial charge on any atom is -0.493 e. The first kappa shape index (κ1) is 9.07. The summed E-state index contributed by atoms with van der Waals surface area (Å²) in [5.41, 5.74) is 0.597. The van der Waals surface area contributed by atoms with E-state index < -0.39 is 0 Å². The van der Waals surface area contributed by atoms with Gasteiger partial charge in [-0.1, -0.05) is 5.92 Å². The van der Waals surface area contributed by atoms with Crippen molar-refractivity contribution < 1.29 is 9.57 Å². The Kier molecular flexibility index (Phi) is 2.87. The van der Waals surface area contributed by atoms with E-state index in [2.05, 4.69) is 16.1 Å². The van der Waals surface area contributed by atoms with Crippen LogP contribution in [-0.4, -0.2) is 7.11 Å². The lowest BCUT2D eigenvalue weighted by Gasteiger charge is -2.03. The maximum absolute atomic E-state index is 9.86. The van der Waals surface area contributed by atoms with Crippen LogP contribution in [0.5, 0.6) is 11.5 Å². The summed E-state index contributed by atoms with van der Waals surface area (Å²) in [6.45, 7) is 0. The number of hydrogen-bond donors (Lipinski definition) is 0. The number of methoxy groups -OCH3 is 1. The average Bonchev–Trinajstić information content (AvgIpc) is 2.18. The van der Waals surface area contributed by atoms with Crippen LogP contribution in [0.3, 0.4) is 0 Å². The van der Waals surface area contributed by atoms with Gasteiger partial charge in [-0.3, -0.25) is 0 Å². The van der Waals surface area contributed by atoms with E-state index in [1.807, 2.05) is 0 Å². The van der Waals surface area contributed by atoms with Gasteiger partial charge in [0.15, 0.2) is 11.1 Å². The lowest BCUT2D eigenvalue weighted by Crippen LogP contribution is -1.89. The first-order valence-corrected chi connectivity index (χ1v) is 3.46. The Morgan fingerprint density at radius 3 is 2.77 bits per heavy atom. The van der Waals surface area contributed by atoms with Gasteiger partial charge >= 0.3 is 0 Å². The Hall–Kier alpha value is -2.02. The third-order valence-electron chi connectivity index (χ3n) is 1.47. The number of ether oxygens (including phenoxy) is 1. The summed E-state index contributed by atoms with van der Waals surface area (Å²) in [4.78, 5) is 14.3. The normalized spacial score (nSPS) is 8.62. The van der Waals surface area contributed by atoms with Gasteiger partial charge in [0, 0.05) is 11.6 Å². The quantitative estimate of drug-likeness (QED) is 0.401. The summed E-state index contributed by atoms with van der Waals surface area (Å²) in [6.07, 6.45) is 5.15. The Bertz CT molecular complexity index is 354. The van der Waals surface area contributed by atoms with Crippen molar-refractivity contribution in [2.75, 3.05) is 7.11 Å². The molecule has 0 saturated heterocycles. The maximum Gasteiger partial charge on any atom is 0.204 e. The first-order chi connectivity index (χ1) is 6.31. The molecule has 0 atom stereocenters. The third-order valence-corrected chi connectivity index (χ3v) is 1.47. The standard InChI is InChI=1S/C9H7NO3/c1-3-7-4-5-8(12-2)9(6-7)13-10-11/h1,4-6H,2H3. The molecule has 0 unspecified atom stereocenters. The van der Waals surface area contributed by atoms with E-state index in [1.165, 1.54) is 13.2 Å². The van der Waals surface area contributed by atoms with E-state index in [-0.39, 0.29) is 5.75 Å². The molecule has 1 aromatic rings. The Labute approximate surface area is 75.4 Å². The summed E-state index contributed by atoms with van der Waals surface area (Å²) >= 11 is 0. The van der Waals surface area contributed by atoms with Crippen LogP contribution in [0.2, 0.25) is 0 Å². The van der Waals surface area contributed by atoms with Gasteiger partial charge in [0.05, 0.1) is 7.11 Å². The van der Waals surface area contributed by atoms with Gasteiger partial charge in [0.25, 0.3) is 0 Å². The summed E-state index contributed by atoms with van der Waals surface area (Å²) in [7, 11) is 1.46. The number of nitrogens with zero attached hydrogens (tertiary/aromatic N) is 1. The van der Waals surface area contributed by atoms with Gasteiger partial charge in [0.2, 0.25) is 5.75 Å². The van der Waals surface area contributed by atoms with Crippen molar-refractivity contribution in [2.45, 2.75) is 0 Å². The fourth-order valence-electron chi connectivity index (χ4n) is 0.878. The number of terminal acetylenes is 1. The molecular weight excluding hydrogens is 170 g/mol. The number of hydrogen-bond acceptors (Lipinski definition) is 4. The van der Waals surface area contributed by atoms with Crippen LogP contribution < -0.4 is 9.57 Å². The molecule has 0 radical (unpaired) electrons. The van der Waals surface area contributed by atoms with Crippen molar-refractivity contribution in [2.24, 2.45) is 5.34 Å². The molecular formula is C9H7NO3. The molecule has 0 aliphatic rings. The van der Waals surface area contributed by atoms with E-state index in [9.17, 15) is 4.91 Å². The van der Waals surface area contributed by atoms with Gasteiger partial charge in [-0.25, -0.2) is 0 Å². The van der Waals surface area contributed by atoms with Crippen molar-refractivity contribution in [3.63, 3.8) is 0 Å². The molecule has 0 amide bonds. The second-order valence-electron chi connectivity index (χ2n) is 2.18. The fourth-order valence-corrected chi connectivity index (χ4v) is 0.878. The predicted octanol–water partition coefficient (Wildman–Crippen LogP) is 1.74. The molecule has 0 heterocycles. The van der Waals surface area contributed by atoms with Crippen molar-refractivity contribution in [3.8, 4) is 23.8 Å². The molecule has 0 bridgehead atoms. The highest BCUT2D eigenvalue weighted by atomic mass is 16.7. The average molecular weight is 177 g/mol. The van der Waals surface area contributed by atoms with Gasteiger partial charge in [-0.15, -0.1) is 11.3 Å². The molecule has 0 aliphatic heterocycles. The Morgan fingerprint density at radius 1 is 1.46 bits per heavy atom. The van der Waals surface area contributed by atoms with Gasteiger partial charge < -0.3 is 9.57 Å². The van der Waals surface area contributed by atoms with E-state index in [0.29, 0.717) is 11.3 Å². The molecule has 66 valence electrons. The second kappa shape index (κ2) is 4.12. The molecule has 0 aliphatic carbocycles. The smallest absolute Gasteiger partial charge is 0.204 e. The highest BCUT2D eigenvalue weighted by Crippen LogP contribution is 2.27. The fraction of sp³-hybridized carbons (Fsp3) is 0.111. The molecule has 13 heavy (non-hydrogen) atoms. The van der Waals surface area contributed by atoms with Crippen LogP contribution >= 0.6 is 0 Å². The highest BCUT2D eigenvalue weighted by molar-refractivity contribution is 5.47. The van der Waals surface area contributed by atoms with E-state index in [0.717, 1.165) is 0 Å². The van der Waals surface area contributed by atoms with Gasteiger partial charge in [-0.2, -0.15) is 0 Å². The van der Waals surface area contributed by atoms with E-state index in [4.69, 9.17) is 11.2 Å². The number of rotatable bonds is 3. The van der Waals surface area contributed by atoms with Crippen LogP contribution in [0, 0.1) is 17.3 Å². The van der Waals surface area contributed by atoms with Crippen molar-refractivity contribution in [1.29, 1.82) is 0 Å². The van der Waals surface area contributed by atoms with E-state index >= 15 is 0 Å². The first-order valence-electron chi connectivity index (χ1n) is 3.46. The summed E-state index contributed by atoms with van der Waals surface area (Å²) in [5.74, 6) is 3.03. The molecule has 0 N–H and O–H groups in total. The Balaban J connectivity index is 3.11. The Morgan fingerprint density at radius 2 is 2.23 bits per heavy atom. The van der Waals surface area contributed by atoms with Crippen LogP contribution in [0.1, 0.15) is 5.56 Å². The molecule has 1 rings (SSSR count). The lowest BCUT2D eigenvalue weighted by molar-refractivity contribution is 0.306. The van der Waals surface area contributed by atoms with E-state index in [1.54, 1.807) is 12.1 Å². The second-order valence-corrected chi connectivity index (χ2v) is 2.18. The third kappa shape index (κ3) is 1.97. The zero-order valence-electron chi connectivity index (χ0n) is 6.98. The van der Waals surface area contributed by atoms with Crippen LogP contribution in [0.15, 0.2) is 23.5 Å². The molecule has 1 aromatic carbocycles. The molecule has 0 saturated carbocycles. The molecule has 4 heteroatoms. The molecule has 4 nitrogen and oxygen atoms in total. The van der Waals surface area contributed by atoms with Crippen molar-refractivity contribution in [1.82, 2.24) is 0 Å². The van der Waals surface area contributed by atoms with Crippen LogP contribution in [0.4, 0.5) is 0 Å². The zero-order valence-corrected chi connectivity index (χ0v) is 6.98. The highest BCUT2D eigenvalue weighted by Gasteiger charge is 2.05. The molecule has 0 fully saturated rings. The molecule has 0 spiro atoms. The minimum atomic E-state index is 0.216. The topological polar surface area (TPSA) is 47.9 Å². The van der Waals surface area contributed by atoms with Crippen LogP contribution in [0.25, 0.3) is 0 Å². The predicted molar refractivity (Wildman–Crippen MR) is 47.4 cm³/mol. The largest absolute Gasteiger partial charge is 0.493 e. The molecule has 0 aromatic heterocycles. The number of benzene rings is 1. The summed E-state index contributed by atoms with van der Waals surface area (Å²) in [6, 6.07) is 4.78. The van der Waals surface area contributed by atoms with Crippen molar-refractivity contribution in [3.05, 3.63) is 28.7 Å².